The lowest BCUT2D eigenvalue weighted by atomic mass is 10.3. The second-order valence-electron chi connectivity index (χ2n) is 2.94. The summed E-state index contributed by atoms with van der Waals surface area (Å²) in [5.74, 6) is 1.38. The SMILES string of the molecule is NCCSc1ccc2[nH]c(N)nc2c1. The molecule has 0 amide bonds. The Morgan fingerprint density at radius 1 is 1.43 bits per heavy atom. The van der Waals surface area contributed by atoms with Crippen molar-refractivity contribution in [2.24, 2.45) is 5.73 Å². The Balaban J connectivity index is 2.31. The van der Waals surface area contributed by atoms with Crippen molar-refractivity contribution in [2.45, 2.75) is 4.90 Å². The van der Waals surface area contributed by atoms with Gasteiger partial charge in [0.2, 0.25) is 0 Å². The molecule has 0 saturated heterocycles. The summed E-state index contributed by atoms with van der Waals surface area (Å²) in [7, 11) is 0. The molecule has 0 fully saturated rings. The number of thioether (sulfide) groups is 1. The first-order valence-corrected chi connectivity index (χ1v) is 5.36. The molecule has 1 heterocycles. The molecular formula is C9H12N4S. The maximum Gasteiger partial charge on any atom is 0.198 e. The predicted molar refractivity (Wildman–Crippen MR) is 60.3 cm³/mol. The first-order valence-electron chi connectivity index (χ1n) is 4.37. The molecule has 2 rings (SSSR count). The van der Waals surface area contributed by atoms with E-state index >= 15 is 0 Å². The normalized spacial score (nSPS) is 10.9. The van der Waals surface area contributed by atoms with Crippen molar-refractivity contribution in [1.82, 2.24) is 9.97 Å². The number of hydrogen-bond donors (Lipinski definition) is 3. The Morgan fingerprint density at radius 3 is 3.07 bits per heavy atom. The molecule has 1 aromatic carbocycles. The second kappa shape index (κ2) is 3.89. The monoisotopic (exact) mass is 208 g/mol. The van der Waals surface area contributed by atoms with Crippen LogP contribution in [0.3, 0.4) is 0 Å². The third-order valence-electron chi connectivity index (χ3n) is 1.86. The summed E-state index contributed by atoms with van der Waals surface area (Å²) in [4.78, 5) is 8.31. The fourth-order valence-corrected chi connectivity index (χ4v) is 1.98. The quantitative estimate of drug-likeness (QED) is 0.662. The lowest BCUT2D eigenvalue weighted by molar-refractivity contribution is 1.15. The van der Waals surface area contributed by atoms with E-state index < -0.39 is 0 Å². The van der Waals surface area contributed by atoms with Gasteiger partial charge in [0.15, 0.2) is 5.95 Å². The average molecular weight is 208 g/mol. The van der Waals surface area contributed by atoms with Crippen molar-refractivity contribution >= 4 is 28.7 Å². The minimum atomic E-state index is 0.459. The highest BCUT2D eigenvalue weighted by Crippen LogP contribution is 2.22. The van der Waals surface area contributed by atoms with E-state index in [4.69, 9.17) is 11.5 Å². The third kappa shape index (κ3) is 1.83. The Kier molecular flexibility index (Phi) is 2.60. The number of aromatic nitrogens is 2. The minimum Gasteiger partial charge on any atom is -0.369 e. The second-order valence-corrected chi connectivity index (χ2v) is 4.11. The molecule has 0 aliphatic rings. The molecule has 0 radical (unpaired) electrons. The number of fused-ring (bicyclic) bond motifs is 1. The van der Waals surface area contributed by atoms with Crippen molar-refractivity contribution in [2.75, 3.05) is 18.0 Å². The maximum absolute atomic E-state index is 5.55. The molecule has 4 nitrogen and oxygen atoms in total. The highest BCUT2D eigenvalue weighted by molar-refractivity contribution is 7.99. The van der Waals surface area contributed by atoms with E-state index in [1.165, 1.54) is 4.90 Å². The van der Waals surface area contributed by atoms with Crippen LogP contribution in [0.4, 0.5) is 5.95 Å². The van der Waals surface area contributed by atoms with Gasteiger partial charge in [0.1, 0.15) is 0 Å². The Labute approximate surface area is 86.1 Å². The maximum atomic E-state index is 5.55. The molecule has 5 heteroatoms. The Morgan fingerprint density at radius 2 is 2.29 bits per heavy atom. The van der Waals surface area contributed by atoms with Gasteiger partial charge >= 0.3 is 0 Å². The first kappa shape index (κ1) is 9.36. The molecule has 74 valence electrons. The number of anilines is 1. The standard InChI is InChI=1S/C9H12N4S/c10-3-4-14-6-1-2-7-8(5-6)13-9(11)12-7/h1-2,5H,3-4,10H2,(H3,11,12,13). The molecule has 5 N–H and O–H groups in total. The molecule has 0 spiro atoms. The number of nitrogens with two attached hydrogens (primary N) is 2. The van der Waals surface area contributed by atoms with Gasteiger partial charge in [-0.25, -0.2) is 4.98 Å². The zero-order valence-corrected chi connectivity index (χ0v) is 8.47. The molecule has 0 unspecified atom stereocenters. The zero-order chi connectivity index (χ0) is 9.97. The fraction of sp³-hybridized carbons (Fsp3) is 0.222. The van der Waals surface area contributed by atoms with Gasteiger partial charge in [0, 0.05) is 17.2 Å². The van der Waals surface area contributed by atoms with E-state index in [-0.39, 0.29) is 0 Å². The van der Waals surface area contributed by atoms with Gasteiger partial charge < -0.3 is 16.5 Å². The number of rotatable bonds is 3. The van der Waals surface area contributed by atoms with Gasteiger partial charge in [-0.05, 0) is 18.2 Å². The Hall–Kier alpha value is -1.20. The smallest absolute Gasteiger partial charge is 0.198 e. The average Bonchev–Trinajstić information content (AvgIpc) is 2.54. The highest BCUT2D eigenvalue weighted by atomic mass is 32.2. The number of H-pyrrole nitrogens is 1. The number of benzene rings is 1. The van der Waals surface area contributed by atoms with E-state index in [2.05, 4.69) is 9.97 Å². The van der Waals surface area contributed by atoms with Gasteiger partial charge in [0.25, 0.3) is 0 Å². The van der Waals surface area contributed by atoms with Crippen LogP contribution in [0.5, 0.6) is 0 Å². The van der Waals surface area contributed by atoms with Gasteiger partial charge in [-0.3, -0.25) is 0 Å². The molecule has 0 saturated carbocycles. The molecule has 0 bridgehead atoms. The fourth-order valence-electron chi connectivity index (χ4n) is 1.27. The molecule has 0 atom stereocenters. The van der Waals surface area contributed by atoms with Crippen LogP contribution in [-0.4, -0.2) is 22.3 Å². The van der Waals surface area contributed by atoms with Crippen molar-refractivity contribution in [3.05, 3.63) is 18.2 Å². The van der Waals surface area contributed by atoms with Crippen LogP contribution in [0.2, 0.25) is 0 Å². The number of imidazole rings is 1. The van der Waals surface area contributed by atoms with E-state index in [9.17, 15) is 0 Å². The van der Waals surface area contributed by atoms with E-state index in [1.54, 1.807) is 11.8 Å². The van der Waals surface area contributed by atoms with Crippen LogP contribution in [-0.2, 0) is 0 Å². The van der Waals surface area contributed by atoms with Crippen LogP contribution in [0.1, 0.15) is 0 Å². The predicted octanol–water partition coefficient (Wildman–Crippen LogP) is 1.20. The first-order chi connectivity index (χ1) is 6.79. The van der Waals surface area contributed by atoms with Crippen molar-refractivity contribution < 1.29 is 0 Å². The molecule has 2 aromatic rings. The summed E-state index contributed by atoms with van der Waals surface area (Å²) < 4.78 is 0. The number of nitrogens with zero attached hydrogens (tertiary/aromatic N) is 1. The van der Waals surface area contributed by atoms with Gasteiger partial charge in [-0.2, -0.15) is 0 Å². The summed E-state index contributed by atoms with van der Waals surface area (Å²) in [5, 5.41) is 0. The van der Waals surface area contributed by atoms with Gasteiger partial charge in [-0.15, -0.1) is 11.8 Å². The topological polar surface area (TPSA) is 80.7 Å². The summed E-state index contributed by atoms with van der Waals surface area (Å²) in [5.41, 5.74) is 12.9. The van der Waals surface area contributed by atoms with Crippen molar-refractivity contribution in [3.8, 4) is 0 Å². The third-order valence-corrected chi connectivity index (χ3v) is 2.89. The number of nitrogen functional groups attached to an aromatic ring is 1. The van der Waals surface area contributed by atoms with Crippen LogP contribution >= 0.6 is 11.8 Å². The van der Waals surface area contributed by atoms with Crippen molar-refractivity contribution in [3.63, 3.8) is 0 Å². The van der Waals surface area contributed by atoms with Crippen LogP contribution < -0.4 is 11.5 Å². The van der Waals surface area contributed by atoms with Gasteiger partial charge in [0.05, 0.1) is 11.0 Å². The minimum absolute atomic E-state index is 0.459. The van der Waals surface area contributed by atoms with Crippen LogP contribution in [0.25, 0.3) is 11.0 Å². The van der Waals surface area contributed by atoms with Gasteiger partial charge in [-0.1, -0.05) is 0 Å². The molecule has 14 heavy (non-hydrogen) atoms. The number of nitrogens with one attached hydrogen (secondary N) is 1. The molecular weight excluding hydrogens is 196 g/mol. The van der Waals surface area contributed by atoms with E-state index in [0.717, 1.165) is 16.8 Å². The van der Waals surface area contributed by atoms with Crippen LogP contribution in [0, 0.1) is 0 Å². The summed E-state index contributed by atoms with van der Waals surface area (Å²) in [6.07, 6.45) is 0. The molecule has 0 aliphatic heterocycles. The number of hydrogen-bond acceptors (Lipinski definition) is 4. The molecule has 0 aliphatic carbocycles. The lowest BCUT2D eigenvalue weighted by Gasteiger charge is -1.98. The lowest BCUT2D eigenvalue weighted by Crippen LogP contribution is -2.00. The van der Waals surface area contributed by atoms with E-state index in [0.29, 0.717) is 12.5 Å². The zero-order valence-electron chi connectivity index (χ0n) is 7.66. The Bertz CT molecular complexity index is 437. The molecule has 1 aromatic heterocycles. The van der Waals surface area contributed by atoms with Crippen LogP contribution in [0.15, 0.2) is 23.1 Å². The summed E-state index contributed by atoms with van der Waals surface area (Å²) in [6.45, 7) is 0.686. The van der Waals surface area contributed by atoms with Crippen molar-refractivity contribution in [1.29, 1.82) is 0 Å². The largest absolute Gasteiger partial charge is 0.369 e. The summed E-state index contributed by atoms with van der Waals surface area (Å²) >= 11 is 1.72. The number of aromatic amines is 1. The van der Waals surface area contributed by atoms with E-state index in [1.807, 2.05) is 18.2 Å². The highest BCUT2D eigenvalue weighted by Gasteiger charge is 2.00. The summed E-state index contributed by atoms with van der Waals surface area (Å²) in [6, 6.07) is 6.04.